The van der Waals surface area contributed by atoms with Crippen LogP contribution < -0.4 is 10.1 Å². The summed E-state index contributed by atoms with van der Waals surface area (Å²) in [5, 5.41) is 12.1. The molecule has 0 fully saturated rings. The topological polar surface area (TPSA) is 75.6 Å². The molecule has 1 amide bonds. The van der Waals surface area contributed by atoms with Gasteiger partial charge >= 0.3 is 5.97 Å². The number of amides is 1. The van der Waals surface area contributed by atoms with E-state index in [9.17, 15) is 14.7 Å². The van der Waals surface area contributed by atoms with Crippen molar-refractivity contribution in [2.75, 3.05) is 6.54 Å². The molecule has 0 bridgehead atoms. The first kappa shape index (κ1) is 22.9. The number of ether oxygens (including phenoxy) is 1. The zero-order valence-electron chi connectivity index (χ0n) is 17.2. The molecule has 29 heavy (non-hydrogen) atoms. The van der Waals surface area contributed by atoms with Gasteiger partial charge in [0.25, 0.3) is 5.91 Å². The lowest BCUT2D eigenvalue weighted by molar-refractivity contribution is -0.145. The Morgan fingerprint density at radius 1 is 1.07 bits per heavy atom. The number of rotatable bonds is 8. The summed E-state index contributed by atoms with van der Waals surface area (Å²) in [6.07, 6.45) is 0.735. The van der Waals surface area contributed by atoms with Crippen LogP contribution in [0.1, 0.15) is 56.1 Å². The first-order chi connectivity index (χ1) is 13.6. The van der Waals surface area contributed by atoms with Crippen LogP contribution in [0.15, 0.2) is 53.0 Å². The number of aliphatic carboxylic acids is 1. The Balaban J connectivity index is 2.00. The summed E-state index contributed by atoms with van der Waals surface area (Å²) in [5.74, 6) is -1.20. The number of carbonyl (C=O) groups excluding carboxylic acids is 1. The third-order valence-corrected chi connectivity index (χ3v) is 5.35. The van der Waals surface area contributed by atoms with E-state index in [1.807, 2.05) is 45.0 Å². The van der Waals surface area contributed by atoms with Gasteiger partial charge in [-0.3, -0.25) is 9.59 Å². The molecular formula is C23H28BrNO4. The molecule has 0 aliphatic rings. The van der Waals surface area contributed by atoms with E-state index in [4.69, 9.17) is 4.74 Å². The second-order valence-electron chi connectivity index (χ2n) is 8.06. The van der Waals surface area contributed by atoms with Crippen LogP contribution in [0.3, 0.4) is 0 Å². The van der Waals surface area contributed by atoms with E-state index in [1.54, 1.807) is 24.3 Å². The number of halogens is 1. The maximum Gasteiger partial charge on any atom is 0.308 e. The lowest BCUT2D eigenvalue weighted by Gasteiger charge is -2.27. The monoisotopic (exact) mass is 461 g/mol. The minimum absolute atomic E-state index is 0.0779. The number of carbonyl (C=O) groups is 2. The fourth-order valence-electron chi connectivity index (χ4n) is 2.97. The third-order valence-electron chi connectivity index (χ3n) is 4.82. The molecule has 2 aromatic rings. The van der Waals surface area contributed by atoms with Gasteiger partial charge in [0.2, 0.25) is 0 Å². The lowest BCUT2D eigenvalue weighted by Crippen LogP contribution is -2.39. The molecule has 0 aliphatic heterocycles. The van der Waals surface area contributed by atoms with Crippen molar-refractivity contribution in [1.29, 1.82) is 0 Å². The Kier molecular flexibility index (Phi) is 7.85. The lowest BCUT2D eigenvalue weighted by atomic mass is 9.80. The number of nitrogens with one attached hydrogen (secondary N) is 1. The van der Waals surface area contributed by atoms with Crippen molar-refractivity contribution in [2.45, 2.75) is 40.2 Å². The molecule has 0 spiro atoms. The Morgan fingerprint density at radius 3 is 2.14 bits per heavy atom. The Morgan fingerprint density at radius 2 is 1.66 bits per heavy atom. The summed E-state index contributed by atoms with van der Waals surface area (Å²) in [6.45, 7) is 7.68. The van der Waals surface area contributed by atoms with Crippen LogP contribution in [0.25, 0.3) is 0 Å². The van der Waals surface area contributed by atoms with Crippen molar-refractivity contribution < 1.29 is 19.4 Å². The van der Waals surface area contributed by atoms with E-state index in [-0.39, 0.29) is 18.6 Å². The summed E-state index contributed by atoms with van der Waals surface area (Å²) >= 11 is 3.43. The molecule has 2 atom stereocenters. The van der Waals surface area contributed by atoms with Gasteiger partial charge in [0.1, 0.15) is 11.9 Å². The van der Waals surface area contributed by atoms with Crippen LogP contribution in [0.2, 0.25) is 0 Å². The predicted molar refractivity (Wildman–Crippen MR) is 117 cm³/mol. The van der Waals surface area contributed by atoms with Gasteiger partial charge in [-0.1, -0.05) is 55.8 Å². The maximum atomic E-state index is 12.4. The zero-order chi connectivity index (χ0) is 21.6. The molecule has 6 heteroatoms. The second kappa shape index (κ2) is 9.92. The molecule has 5 nitrogen and oxygen atoms in total. The molecule has 0 aromatic heterocycles. The summed E-state index contributed by atoms with van der Waals surface area (Å²) < 4.78 is 7.09. The molecule has 156 valence electrons. The number of hydrogen-bond donors (Lipinski definition) is 2. The highest BCUT2D eigenvalue weighted by atomic mass is 79.9. The van der Waals surface area contributed by atoms with Crippen molar-refractivity contribution in [3.05, 3.63) is 64.1 Å². The smallest absolute Gasteiger partial charge is 0.308 e. The van der Waals surface area contributed by atoms with E-state index in [1.165, 1.54) is 0 Å². The highest BCUT2D eigenvalue weighted by molar-refractivity contribution is 9.10. The third kappa shape index (κ3) is 6.60. The molecule has 0 aliphatic carbocycles. The van der Waals surface area contributed by atoms with Gasteiger partial charge in [0.05, 0.1) is 5.92 Å². The molecule has 2 aromatic carbocycles. The van der Waals surface area contributed by atoms with Crippen molar-refractivity contribution in [2.24, 2.45) is 11.3 Å². The Hall–Kier alpha value is -2.34. The summed E-state index contributed by atoms with van der Waals surface area (Å²) in [5.41, 5.74) is 1.10. The summed E-state index contributed by atoms with van der Waals surface area (Å²) in [6, 6.07) is 14.9. The van der Waals surface area contributed by atoms with Crippen LogP contribution in [0.5, 0.6) is 5.75 Å². The Bertz CT molecular complexity index is 825. The van der Waals surface area contributed by atoms with Gasteiger partial charge in [-0.25, -0.2) is 0 Å². The van der Waals surface area contributed by atoms with Crippen molar-refractivity contribution in [3.63, 3.8) is 0 Å². The van der Waals surface area contributed by atoms with Gasteiger partial charge in [-0.05, 0) is 53.8 Å². The highest BCUT2D eigenvalue weighted by Crippen LogP contribution is 2.27. The van der Waals surface area contributed by atoms with Crippen molar-refractivity contribution >= 4 is 27.8 Å². The number of carboxylic acids is 1. The van der Waals surface area contributed by atoms with Crippen LogP contribution >= 0.6 is 15.9 Å². The normalized spacial score (nSPS) is 13.4. The quantitative estimate of drug-likeness (QED) is 0.547. The number of benzene rings is 2. The van der Waals surface area contributed by atoms with Gasteiger partial charge < -0.3 is 15.2 Å². The number of carboxylic acid groups (broad SMARTS) is 1. The van der Waals surface area contributed by atoms with E-state index in [0.29, 0.717) is 11.3 Å². The number of hydrogen-bond acceptors (Lipinski definition) is 3. The average Bonchev–Trinajstić information content (AvgIpc) is 2.66. The van der Waals surface area contributed by atoms with Crippen molar-refractivity contribution in [3.8, 4) is 5.75 Å². The predicted octanol–water partition coefficient (Wildman–Crippen LogP) is 5.46. The van der Waals surface area contributed by atoms with E-state index >= 15 is 0 Å². The average molecular weight is 462 g/mol. The van der Waals surface area contributed by atoms with Crippen molar-refractivity contribution in [1.82, 2.24) is 5.32 Å². The fraction of sp³-hybridized carbons (Fsp3) is 0.391. The van der Waals surface area contributed by atoms with Crippen LogP contribution in [0, 0.1) is 11.3 Å². The molecule has 0 heterocycles. The molecule has 2 rings (SSSR count). The standard InChI is InChI=1S/C23H28BrNO4/c1-5-20(15-6-10-17(24)11-7-15)29-18-12-8-16(9-13-18)21(26)25-14-19(22(27)28)23(2,3)4/h6-13,19-20H,5,14H2,1-4H3,(H,25,26)(H,27,28)/t19-,20+/m1/s1. The Labute approximate surface area is 180 Å². The highest BCUT2D eigenvalue weighted by Gasteiger charge is 2.31. The summed E-state index contributed by atoms with van der Waals surface area (Å²) in [4.78, 5) is 23.8. The molecule has 0 radical (unpaired) electrons. The van der Waals surface area contributed by atoms with E-state index in [2.05, 4.69) is 28.2 Å². The van der Waals surface area contributed by atoms with Crippen LogP contribution in [-0.2, 0) is 4.79 Å². The van der Waals surface area contributed by atoms with Crippen LogP contribution in [-0.4, -0.2) is 23.5 Å². The zero-order valence-corrected chi connectivity index (χ0v) is 18.8. The minimum Gasteiger partial charge on any atom is -0.486 e. The first-order valence-electron chi connectivity index (χ1n) is 9.65. The molecular weight excluding hydrogens is 434 g/mol. The summed E-state index contributed by atoms with van der Waals surface area (Å²) in [7, 11) is 0. The van der Waals surface area contributed by atoms with E-state index in [0.717, 1.165) is 16.5 Å². The molecule has 0 saturated heterocycles. The maximum absolute atomic E-state index is 12.4. The molecule has 0 saturated carbocycles. The fourth-order valence-corrected chi connectivity index (χ4v) is 3.24. The van der Waals surface area contributed by atoms with Gasteiger partial charge in [0, 0.05) is 16.6 Å². The largest absolute Gasteiger partial charge is 0.486 e. The van der Waals surface area contributed by atoms with Gasteiger partial charge in [-0.2, -0.15) is 0 Å². The molecule has 2 N–H and O–H groups in total. The van der Waals surface area contributed by atoms with E-state index < -0.39 is 17.3 Å². The van der Waals surface area contributed by atoms with Crippen LogP contribution in [0.4, 0.5) is 0 Å². The molecule has 0 unspecified atom stereocenters. The van der Waals surface area contributed by atoms with Gasteiger partial charge in [0.15, 0.2) is 0 Å². The van der Waals surface area contributed by atoms with Gasteiger partial charge in [-0.15, -0.1) is 0 Å². The SMILES string of the molecule is CC[C@H](Oc1ccc(C(=O)NC[C@H](C(=O)O)C(C)(C)C)cc1)c1ccc(Br)cc1. The second-order valence-corrected chi connectivity index (χ2v) is 8.97. The first-order valence-corrected chi connectivity index (χ1v) is 10.4. The minimum atomic E-state index is -0.917.